The number of hydrogen-bond donors (Lipinski definition) is 0. The van der Waals surface area contributed by atoms with Crippen molar-refractivity contribution >= 4 is 5.91 Å². The van der Waals surface area contributed by atoms with Crippen molar-refractivity contribution in [1.82, 2.24) is 9.80 Å². The van der Waals surface area contributed by atoms with E-state index in [-0.39, 0.29) is 17.4 Å². The number of alkyl halides is 3. The van der Waals surface area contributed by atoms with E-state index in [1.165, 1.54) is 12.1 Å². The molecule has 2 bridgehead atoms. The zero-order valence-corrected chi connectivity index (χ0v) is 14.3. The Morgan fingerprint density at radius 3 is 2.46 bits per heavy atom. The summed E-state index contributed by atoms with van der Waals surface area (Å²) in [6, 6.07) is 8.75. The quantitative estimate of drug-likeness (QED) is 0.811. The predicted octanol–water partition coefficient (Wildman–Crippen LogP) is 3.88. The van der Waals surface area contributed by atoms with Crippen molar-refractivity contribution in [3.8, 4) is 11.3 Å². The average molecular weight is 364 g/mol. The molecule has 138 valence electrons. The Morgan fingerprint density at radius 1 is 1.12 bits per heavy atom. The molecule has 7 heteroatoms. The van der Waals surface area contributed by atoms with Gasteiger partial charge in [-0.1, -0.05) is 12.1 Å². The van der Waals surface area contributed by atoms with Crippen LogP contribution in [-0.4, -0.2) is 47.9 Å². The minimum absolute atomic E-state index is 0.168. The Labute approximate surface area is 149 Å². The third-order valence-corrected chi connectivity index (χ3v) is 5.43. The molecule has 0 aliphatic carbocycles. The van der Waals surface area contributed by atoms with Gasteiger partial charge in [0.2, 0.25) is 0 Å². The molecule has 0 radical (unpaired) electrons. The molecule has 0 saturated carbocycles. The van der Waals surface area contributed by atoms with Gasteiger partial charge < -0.3 is 9.32 Å². The number of nitrogens with zero attached hydrogens (tertiary/aromatic N) is 2. The Morgan fingerprint density at radius 2 is 1.81 bits per heavy atom. The molecular weight excluding hydrogens is 345 g/mol. The second-order valence-corrected chi connectivity index (χ2v) is 7.00. The summed E-state index contributed by atoms with van der Waals surface area (Å²) in [6.45, 7) is 1.32. The maximum Gasteiger partial charge on any atom is 0.416 e. The van der Waals surface area contributed by atoms with Crippen LogP contribution in [0.1, 0.15) is 29.0 Å². The maximum absolute atomic E-state index is 12.9. The number of hydrogen-bond acceptors (Lipinski definition) is 3. The topological polar surface area (TPSA) is 36.7 Å². The van der Waals surface area contributed by atoms with Crippen molar-refractivity contribution in [3.63, 3.8) is 0 Å². The van der Waals surface area contributed by atoms with Crippen LogP contribution >= 0.6 is 0 Å². The van der Waals surface area contributed by atoms with Crippen molar-refractivity contribution in [3.05, 3.63) is 47.7 Å². The van der Waals surface area contributed by atoms with Crippen LogP contribution in [-0.2, 0) is 6.18 Å². The predicted molar refractivity (Wildman–Crippen MR) is 89.6 cm³/mol. The lowest BCUT2D eigenvalue weighted by Gasteiger charge is -2.38. The molecule has 2 aromatic rings. The summed E-state index contributed by atoms with van der Waals surface area (Å²) in [4.78, 5) is 16.8. The number of benzene rings is 1. The summed E-state index contributed by atoms with van der Waals surface area (Å²) in [5.74, 6) is 0.228. The highest BCUT2D eigenvalue weighted by molar-refractivity contribution is 5.92. The van der Waals surface area contributed by atoms with Gasteiger partial charge in [0.05, 0.1) is 5.56 Å². The first-order chi connectivity index (χ1) is 12.3. The van der Waals surface area contributed by atoms with Gasteiger partial charge in [0, 0.05) is 30.7 Å². The Bertz CT molecular complexity index is 816. The van der Waals surface area contributed by atoms with Gasteiger partial charge in [0.1, 0.15) is 5.76 Å². The molecule has 4 rings (SSSR count). The first kappa shape index (κ1) is 17.1. The van der Waals surface area contributed by atoms with Gasteiger partial charge in [0.15, 0.2) is 5.76 Å². The standard InChI is InChI=1S/C19H19F3N2O2/c1-23-14-5-6-15(23)11-24(10-14)18(25)17-8-7-16(26-17)12-3-2-4-13(9-12)19(20,21)22/h2-4,7-9,14-15H,5-6,10-11H2,1H3. The smallest absolute Gasteiger partial charge is 0.416 e. The maximum atomic E-state index is 12.9. The highest BCUT2D eigenvalue weighted by Crippen LogP contribution is 2.33. The van der Waals surface area contributed by atoms with E-state index in [2.05, 4.69) is 11.9 Å². The van der Waals surface area contributed by atoms with E-state index in [1.807, 2.05) is 0 Å². The van der Waals surface area contributed by atoms with Crippen LogP contribution < -0.4 is 0 Å². The number of likely N-dealkylation sites (N-methyl/N-ethyl adjacent to an activating group) is 1. The number of amides is 1. The van der Waals surface area contributed by atoms with Gasteiger partial charge in [-0.2, -0.15) is 13.2 Å². The molecule has 3 heterocycles. The molecule has 2 unspecified atom stereocenters. The highest BCUT2D eigenvalue weighted by Gasteiger charge is 2.39. The summed E-state index contributed by atoms with van der Waals surface area (Å²) < 4.78 is 44.2. The molecule has 26 heavy (non-hydrogen) atoms. The number of furan rings is 1. The second kappa shape index (κ2) is 6.16. The summed E-state index contributed by atoms with van der Waals surface area (Å²) in [5.41, 5.74) is -0.438. The number of piperazine rings is 1. The van der Waals surface area contributed by atoms with E-state index in [1.54, 1.807) is 17.0 Å². The second-order valence-electron chi connectivity index (χ2n) is 7.00. The number of likely N-dealkylation sites (tertiary alicyclic amines) is 1. The molecule has 0 spiro atoms. The minimum Gasteiger partial charge on any atom is -0.451 e. The lowest BCUT2D eigenvalue weighted by atomic mass is 10.1. The van der Waals surface area contributed by atoms with E-state index in [4.69, 9.17) is 4.42 Å². The van der Waals surface area contributed by atoms with Crippen molar-refractivity contribution in [1.29, 1.82) is 0 Å². The third-order valence-electron chi connectivity index (χ3n) is 5.43. The monoisotopic (exact) mass is 364 g/mol. The lowest BCUT2D eigenvalue weighted by molar-refractivity contribution is -0.137. The summed E-state index contributed by atoms with van der Waals surface area (Å²) in [5, 5.41) is 0. The number of carbonyl (C=O) groups excluding carboxylic acids is 1. The molecule has 2 saturated heterocycles. The molecule has 2 atom stereocenters. The Kier molecular flexibility index (Phi) is 4.06. The van der Waals surface area contributed by atoms with E-state index >= 15 is 0 Å². The normalized spacial score (nSPS) is 23.5. The van der Waals surface area contributed by atoms with Crippen LogP contribution in [0.2, 0.25) is 0 Å². The van der Waals surface area contributed by atoms with Gasteiger partial charge in [-0.3, -0.25) is 9.69 Å². The number of fused-ring (bicyclic) bond motifs is 2. The van der Waals surface area contributed by atoms with Gasteiger partial charge in [0.25, 0.3) is 5.91 Å². The fraction of sp³-hybridized carbons (Fsp3) is 0.421. The summed E-state index contributed by atoms with van der Waals surface area (Å²) in [7, 11) is 2.09. The average Bonchev–Trinajstić information content (AvgIpc) is 3.15. The molecule has 1 amide bonds. The van der Waals surface area contributed by atoms with Gasteiger partial charge in [-0.25, -0.2) is 0 Å². The third kappa shape index (κ3) is 3.00. The molecule has 2 fully saturated rings. The molecule has 1 aromatic carbocycles. The Hall–Kier alpha value is -2.28. The van der Waals surface area contributed by atoms with E-state index in [0.29, 0.717) is 30.7 Å². The number of halogens is 3. The first-order valence-corrected chi connectivity index (χ1v) is 8.61. The zero-order chi connectivity index (χ0) is 18.5. The fourth-order valence-corrected chi connectivity index (χ4v) is 3.89. The van der Waals surface area contributed by atoms with Crippen molar-refractivity contribution < 1.29 is 22.4 Å². The van der Waals surface area contributed by atoms with E-state index in [0.717, 1.165) is 25.0 Å². The summed E-state index contributed by atoms with van der Waals surface area (Å²) >= 11 is 0. The molecule has 2 aliphatic heterocycles. The zero-order valence-electron chi connectivity index (χ0n) is 14.3. The van der Waals surface area contributed by atoms with Crippen molar-refractivity contribution in [2.45, 2.75) is 31.1 Å². The highest BCUT2D eigenvalue weighted by atomic mass is 19.4. The van der Waals surface area contributed by atoms with Crippen molar-refractivity contribution in [2.75, 3.05) is 20.1 Å². The van der Waals surface area contributed by atoms with Crippen LogP contribution in [0.3, 0.4) is 0 Å². The van der Waals surface area contributed by atoms with E-state index < -0.39 is 11.7 Å². The fourth-order valence-electron chi connectivity index (χ4n) is 3.89. The van der Waals surface area contributed by atoms with Crippen LogP contribution in [0.15, 0.2) is 40.8 Å². The SMILES string of the molecule is CN1C2CCC1CN(C(=O)c1ccc(-c3cccc(C(F)(F)F)c3)o1)C2. The first-order valence-electron chi connectivity index (χ1n) is 8.61. The van der Waals surface area contributed by atoms with E-state index in [9.17, 15) is 18.0 Å². The minimum atomic E-state index is -4.42. The van der Waals surface area contributed by atoms with Gasteiger partial charge in [-0.05, 0) is 44.2 Å². The van der Waals surface area contributed by atoms with Crippen LogP contribution in [0.25, 0.3) is 11.3 Å². The molecule has 0 N–H and O–H groups in total. The molecule has 1 aromatic heterocycles. The number of carbonyl (C=O) groups is 1. The van der Waals surface area contributed by atoms with Gasteiger partial charge >= 0.3 is 6.18 Å². The summed E-state index contributed by atoms with van der Waals surface area (Å²) in [6.07, 6.45) is -2.25. The largest absolute Gasteiger partial charge is 0.451 e. The van der Waals surface area contributed by atoms with Gasteiger partial charge in [-0.15, -0.1) is 0 Å². The van der Waals surface area contributed by atoms with Crippen LogP contribution in [0.5, 0.6) is 0 Å². The molecule has 4 nitrogen and oxygen atoms in total. The Balaban J connectivity index is 1.54. The molecule has 2 aliphatic rings. The van der Waals surface area contributed by atoms with Crippen molar-refractivity contribution in [2.24, 2.45) is 0 Å². The number of rotatable bonds is 2. The molecular formula is C19H19F3N2O2. The van der Waals surface area contributed by atoms with Crippen LogP contribution in [0, 0.1) is 0 Å². The van der Waals surface area contributed by atoms with Crippen LogP contribution in [0.4, 0.5) is 13.2 Å². The lowest BCUT2D eigenvalue weighted by Crippen LogP contribution is -2.53.